The van der Waals surface area contributed by atoms with Crippen LogP contribution in [0.4, 0.5) is 0 Å². The molecule has 0 bridgehead atoms. The van der Waals surface area contributed by atoms with Crippen molar-refractivity contribution >= 4 is 28.6 Å². The summed E-state index contributed by atoms with van der Waals surface area (Å²) < 4.78 is 17.3. The zero-order valence-electron chi connectivity index (χ0n) is 16.3. The van der Waals surface area contributed by atoms with E-state index in [1.807, 2.05) is 25.1 Å². The third kappa shape index (κ3) is 4.98. The van der Waals surface area contributed by atoms with Crippen molar-refractivity contribution in [3.8, 4) is 23.1 Å². The van der Waals surface area contributed by atoms with Crippen LogP contribution in [-0.2, 0) is 4.79 Å². The molecule has 0 unspecified atom stereocenters. The lowest BCUT2D eigenvalue weighted by molar-refractivity contribution is -0.119. The van der Waals surface area contributed by atoms with E-state index in [2.05, 4.69) is 15.3 Å². The highest BCUT2D eigenvalue weighted by molar-refractivity contribution is 6.33. The average Bonchev–Trinajstić information content (AvgIpc) is 3.41. The predicted molar refractivity (Wildman–Crippen MR) is 109 cm³/mol. The van der Waals surface area contributed by atoms with Crippen molar-refractivity contribution in [2.45, 2.75) is 32.7 Å². The minimum Gasteiger partial charge on any atom is -0.493 e. The van der Waals surface area contributed by atoms with Crippen molar-refractivity contribution in [2.75, 3.05) is 13.2 Å². The minimum absolute atomic E-state index is 0.107. The number of nitrogens with zero attached hydrogens (tertiary/aromatic N) is 2. The molecule has 1 amide bonds. The number of ether oxygens (including phenoxy) is 2. The molecule has 1 atom stereocenters. The van der Waals surface area contributed by atoms with Crippen LogP contribution < -0.4 is 14.8 Å². The van der Waals surface area contributed by atoms with Gasteiger partial charge in [0.1, 0.15) is 29.3 Å². The Morgan fingerprint density at radius 3 is 2.86 bits per heavy atom. The van der Waals surface area contributed by atoms with Gasteiger partial charge in [0, 0.05) is 19.1 Å². The predicted octanol–water partition coefficient (Wildman–Crippen LogP) is 4.24. The standard InChI is InChI=1S/C21H22ClN3O4/c1-12(24-13(2)26)10-27-16-7-17(22)20(23-9-16)21-25-18-6-5-15(8-19(18)29-21)28-11-14-3-4-14/h5-9,12,14H,3-4,10-11H2,1-2H3,(H,24,26)/t12-/m0/s1. The molecule has 1 N–H and O–H groups in total. The Labute approximate surface area is 173 Å². The third-order valence-corrected chi connectivity index (χ3v) is 4.80. The molecule has 1 aliphatic rings. The number of benzene rings is 1. The average molecular weight is 416 g/mol. The quantitative estimate of drug-likeness (QED) is 0.592. The van der Waals surface area contributed by atoms with E-state index < -0.39 is 0 Å². The van der Waals surface area contributed by atoms with Crippen LogP contribution in [0.25, 0.3) is 22.7 Å². The Morgan fingerprint density at radius 2 is 2.14 bits per heavy atom. The summed E-state index contributed by atoms with van der Waals surface area (Å²) in [6, 6.07) is 7.12. The summed E-state index contributed by atoms with van der Waals surface area (Å²) in [7, 11) is 0. The molecule has 152 valence electrons. The first-order valence-corrected chi connectivity index (χ1v) is 9.95. The zero-order chi connectivity index (χ0) is 20.4. The summed E-state index contributed by atoms with van der Waals surface area (Å²) in [6.07, 6.45) is 4.04. The van der Waals surface area contributed by atoms with E-state index in [9.17, 15) is 4.79 Å². The smallest absolute Gasteiger partial charge is 0.247 e. The van der Waals surface area contributed by atoms with E-state index >= 15 is 0 Å². The highest BCUT2D eigenvalue weighted by Gasteiger charge is 2.22. The first-order chi connectivity index (χ1) is 14.0. The normalized spacial score (nSPS) is 14.6. The summed E-state index contributed by atoms with van der Waals surface area (Å²) >= 11 is 6.38. The van der Waals surface area contributed by atoms with E-state index in [1.54, 1.807) is 12.3 Å². The van der Waals surface area contributed by atoms with Crippen LogP contribution >= 0.6 is 11.6 Å². The Kier molecular flexibility index (Phi) is 5.58. The number of carbonyl (C=O) groups is 1. The number of halogens is 1. The number of carbonyl (C=O) groups excluding carboxylic acids is 1. The molecule has 29 heavy (non-hydrogen) atoms. The molecule has 0 radical (unpaired) electrons. The number of amides is 1. The monoisotopic (exact) mass is 415 g/mol. The van der Waals surface area contributed by atoms with Gasteiger partial charge in [-0.3, -0.25) is 4.79 Å². The van der Waals surface area contributed by atoms with Crippen molar-refractivity contribution in [1.29, 1.82) is 0 Å². The topological polar surface area (TPSA) is 86.5 Å². The molecule has 7 nitrogen and oxygen atoms in total. The van der Waals surface area contributed by atoms with E-state index in [-0.39, 0.29) is 11.9 Å². The Bertz CT molecular complexity index is 1030. The molecule has 2 aromatic heterocycles. The van der Waals surface area contributed by atoms with Crippen LogP contribution in [0.15, 0.2) is 34.9 Å². The summed E-state index contributed by atoms with van der Waals surface area (Å²) in [5, 5.41) is 3.12. The number of fused-ring (bicyclic) bond motifs is 1. The molecule has 0 spiro atoms. The van der Waals surface area contributed by atoms with Gasteiger partial charge in [0.15, 0.2) is 5.58 Å². The van der Waals surface area contributed by atoms with E-state index in [0.29, 0.717) is 46.0 Å². The van der Waals surface area contributed by atoms with E-state index in [1.165, 1.54) is 19.8 Å². The number of rotatable bonds is 8. The van der Waals surface area contributed by atoms with Gasteiger partial charge in [-0.25, -0.2) is 9.97 Å². The van der Waals surface area contributed by atoms with Gasteiger partial charge in [-0.05, 0) is 37.8 Å². The van der Waals surface area contributed by atoms with E-state index in [4.69, 9.17) is 25.5 Å². The first-order valence-electron chi connectivity index (χ1n) is 9.57. The number of nitrogens with one attached hydrogen (secondary N) is 1. The summed E-state index contributed by atoms with van der Waals surface area (Å²) in [5.41, 5.74) is 1.77. The fourth-order valence-electron chi connectivity index (χ4n) is 2.86. The fourth-order valence-corrected chi connectivity index (χ4v) is 3.10. The Morgan fingerprint density at radius 1 is 1.31 bits per heavy atom. The van der Waals surface area contributed by atoms with Crippen LogP contribution in [0.1, 0.15) is 26.7 Å². The molecule has 1 saturated carbocycles. The van der Waals surface area contributed by atoms with Crippen LogP contribution in [0.3, 0.4) is 0 Å². The van der Waals surface area contributed by atoms with Gasteiger partial charge in [-0.15, -0.1) is 0 Å². The zero-order valence-corrected chi connectivity index (χ0v) is 17.0. The molecular formula is C21H22ClN3O4. The van der Waals surface area contributed by atoms with Crippen molar-refractivity contribution < 1.29 is 18.7 Å². The highest BCUT2D eigenvalue weighted by atomic mass is 35.5. The van der Waals surface area contributed by atoms with E-state index in [0.717, 1.165) is 12.4 Å². The van der Waals surface area contributed by atoms with Gasteiger partial charge in [-0.1, -0.05) is 11.6 Å². The number of hydrogen-bond donors (Lipinski definition) is 1. The van der Waals surface area contributed by atoms with Gasteiger partial charge < -0.3 is 19.2 Å². The van der Waals surface area contributed by atoms with Crippen molar-refractivity contribution in [1.82, 2.24) is 15.3 Å². The highest BCUT2D eigenvalue weighted by Crippen LogP contribution is 2.33. The van der Waals surface area contributed by atoms with Gasteiger partial charge in [0.05, 0.1) is 23.9 Å². The second kappa shape index (κ2) is 8.29. The lowest BCUT2D eigenvalue weighted by Gasteiger charge is -2.13. The van der Waals surface area contributed by atoms with Gasteiger partial charge in [-0.2, -0.15) is 0 Å². The Balaban J connectivity index is 1.47. The molecule has 2 heterocycles. The van der Waals surface area contributed by atoms with Gasteiger partial charge >= 0.3 is 0 Å². The van der Waals surface area contributed by atoms with Crippen LogP contribution in [-0.4, -0.2) is 35.1 Å². The van der Waals surface area contributed by atoms with Crippen molar-refractivity contribution in [3.05, 3.63) is 35.5 Å². The van der Waals surface area contributed by atoms with Gasteiger partial charge in [0.25, 0.3) is 0 Å². The fraction of sp³-hybridized carbons (Fsp3) is 0.381. The third-order valence-electron chi connectivity index (χ3n) is 4.51. The van der Waals surface area contributed by atoms with Crippen LogP contribution in [0.2, 0.25) is 5.02 Å². The Hall–Kier alpha value is -2.80. The van der Waals surface area contributed by atoms with Crippen LogP contribution in [0.5, 0.6) is 11.5 Å². The molecule has 4 rings (SSSR count). The molecule has 1 aromatic carbocycles. The van der Waals surface area contributed by atoms with Crippen molar-refractivity contribution in [3.63, 3.8) is 0 Å². The maximum Gasteiger partial charge on any atom is 0.247 e. The molecule has 0 aliphatic heterocycles. The molecule has 0 saturated heterocycles. The second-order valence-corrected chi connectivity index (χ2v) is 7.72. The lowest BCUT2D eigenvalue weighted by Crippen LogP contribution is -2.35. The molecule has 1 aliphatic carbocycles. The minimum atomic E-state index is -0.126. The van der Waals surface area contributed by atoms with Gasteiger partial charge in [0.2, 0.25) is 11.8 Å². The molecule has 3 aromatic rings. The summed E-state index contributed by atoms with van der Waals surface area (Å²) in [5.74, 6) is 2.18. The number of hydrogen-bond acceptors (Lipinski definition) is 6. The van der Waals surface area contributed by atoms with Crippen molar-refractivity contribution in [2.24, 2.45) is 5.92 Å². The summed E-state index contributed by atoms with van der Waals surface area (Å²) in [6.45, 7) is 4.36. The molecule has 8 heteroatoms. The first kappa shape index (κ1) is 19.5. The molecular weight excluding hydrogens is 394 g/mol. The number of aromatic nitrogens is 2. The maximum atomic E-state index is 11.1. The summed E-state index contributed by atoms with van der Waals surface area (Å²) in [4.78, 5) is 19.9. The largest absolute Gasteiger partial charge is 0.493 e. The van der Waals surface area contributed by atoms with Crippen LogP contribution in [0, 0.1) is 5.92 Å². The maximum absolute atomic E-state index is 11.1. The number of oxazole rings is 1. The molecule has 1 fully saturated rings. The second-order valence-electron chi connectivity index (χ2n) is 7.32. The lowest BCUT2D eigenvalue weighted by atomic mass is 10.3. The number of pyridine rings is 1. The SMILES string of the molecule is CC(=O)N[C@@H](C)COc1cnc(-c2nc3ccc(OCC4CC4)cc3o2)c(Cl)c1.